The monoisotopic (exact) mass is 349 g/mol. The van der Waals surface area contributed by atoms with Crippen molar-refractivity contribution in [2.45, 2.75) is 0 Å². The first kappa shape index (κ1) is 14.6. The van der Waals surface area contributed by atoms with E-state index >= 15 is 0 Å². The summed E-state index contributed by atoms with van der Waals surface area (Å²) in [5, 5.41) is 8.26. The number of benzene rings is 1. The second kappa shape index (κ2) is 5.66. The molecule has 0 atom stereocenters. The van der Waals surface area contributed by atoms with Crippen LogP contribution in [0.5, 0.6) is 11.5 Å². The Hall–Kier alpha value is -3.75. The minimum atomic E-state index is -0.304. The van der Waals surface area contributed by atoms with Gasteiger partial charge in [0, 0.05) is 18.5 Å². The second-order valence-corrected chi connectivity index (χ2v) is 5.56. The van der Waals surface area contributed by atoms with Crippen LogP contribution in [-0.4, -0.2) is 37.9 Å². The fraction of sp³-hybridized carbons (Fsp3) is 0.118. The third kappa shape index (κ3) is 2.29. The zero-order valence-electron chi connectivity index (χ0n) is 13.3. The van der Waals surface area contributed by atoms with Crippen LogP contribution in [-0.2, 0) is 0 Å². The molecule has 26 heavy (non-hydrogen) atoms. The van der Waals surface area contributed by atoms with Crippen molar-refractivity contribution in [1.82, 2.24) is 24.7 Å². The van der Waals surface area contributed by atoms with Crippen LogP contribution >= 0.6 is 0 Å². The maximum absolute atomic E-state index is 12.5. The fourth-order valence-corrected chi connectivity index (χ4v) is 2.70. The van der Waals surface area contributed by atoms with Gasteiger partial charge in [-0.25, -0.2) is 9.97 Å². The lowest BCUT2D eigenvalue weighted by Gasteiger charge is -2.19. The van der Waals surface area contributed by atoms with Gasteiger partial charge >= 0.3 is 0 Å². The van der Waals surface area contributed by atoms with E-state index in [2.05, 4.69) is 20.2 Å². The average Bonchev–Trinajstić information content (AvgIpc) is 3.23. The Balaban J connectivity index is 1.58. The first-order valence-electron chi connectivity index (χ1n) is 7.84. The third-order valence-electron chi connectivity index (χ3n) is 3.95. The second-order valence-electron chi connectivity index (χ2n) is 5.56. The largest absolute Gasteiger partial charge is 0.486 e. The molecule has 2 aromatic rings. The van der Waals surface area contributed by atoms with E-state index in [0.717, 1.165) is 0 Å². The van der Waals surface area contributed by atoms with Gasteiger partial charge in [-0.2, -0.15) is 0 Å². The van der Waals surface area contributed by atoms with E-state index in [-0.39, 0.29) is 17.1 Å². The van der Waals surface area contributed by atoms with Gasteiger partial charge in [0.1, 0.15) is 31.5 Å². The molecule has 0 N–H and O–H groups in total. The topological polar surface area (TPSA) is 105 Å². The van der Waals surface area contributed by atoms with Crippen molar-refractivity contribution in [3.8, 4) is 40.2 Å². The van der Waals surface area contributed by atoms with Crippen molar-refractivity contribution in [1.29, 1.82) is 0 Å². The summed E-state index contributed by atoms with van der Waals surface area (Å²) in [4.78, 5) is 20.8. The van der Waals surface area contributed by atoms with Gasteiger partial charge in [0.05, 0.1) is 11.3 Å². The molecule has 0 saturated heterocycles. The van der Waals surface area contributed by atoms with Crippen LogP contribution < -0.4 is 14.9 Å². The number of hydrogen-bond acceptors (Lipinski definition) is 8. The third-order valence-corrected chi connectivity index (χ3v) is 3.95. The van der Waals surface area contributed by atoms with Crippen molar-refractivity contribution in [3.05, 3.63) is 53.4 Å². The smallest absolute Gasteiger partial charge is 0.247 e. The molecule has 0 saturated carbocycles. The molecule has 0 spiro atoms. The van der Waals surface area contributed by atoms with Crippen molar-refractivity contribution in [2.24, 2.45) is 0 Å². The lowest BCUT2D eigenvalue weighted by Crippen LogP contribution is -2.22. The maximum Gasteiger partial charge on any atom is 0.247 e. The van der Waals surface area contributed by atoms with Gasteiger partial charge in [0.15, 0.2) is 11.6 Å². The molecule has 128 valence electrons. The molecular formula is C17H11N5O4. The van der Waals surface area contributed by atoms with Crippen molar-refractivity contribution in [3.63, 3.8) is 0 Å². The predicted molar refractivity (Wildman–Crippen MR) is 88.5 cm³/mol. The number of imidazole rings is 1. The Morgan fingerprint density at radius 2 is 2.00 bits per heavy atom. The normalized spacial score (nSPS) is 13.1. The predicted octanol–water partition coefficient (Wildman–Crippen LogP) is 1.55. The summed E-state index contributed by atoms with van der Waals surface area (Å²) in [6.07, 6.45) is 6.40. The molecule has 0 aromatic carbocycles. The number of fused-ring (bicyclic) bond motifs is 2. The molecule has 9 nitrogen and oxygen atoms in total. The number of ether oxygens (including phenoxy) is 2. The summed E-state index contributed by atoms with van der Waals surface area (Å²) in [5.41, 5.74) is 0.904. The molecular weight excluding hydrogens is 338 g/mol. The lowest BCUT2D eigenvalue weighted by atomic mass is 10.1. The zero-order valence-corrected chi connectivity index (χ0v) is 13.3. The summed E-state index contributed by atoms with van der Waals surface area (Å²) < 4.78 is 18.1. The maximum atomic E-state index is 12.5. The highest BCUT2D eigenvalue weighted by Gasteiger charge is 2.23. The molecule has 4 heterocycles. The Bertz CT molecular complexity index is 1110. The first-order valence-corrected chi connectivity index (χ1v) is 7.84. The molecule has 0 radical (unpaired) electrons. The fourth-order valence-electron chi connectivity index (χ4n) is 2.70. The van der Waals surface area contributed by atoms with Gasteiger partial charge in [0.25, 0.3) is 0 Å². The molecule has 0 amide bonds. The SMILES string of the molecule is O=c1c2coc(-c3ccc(-n4ccnc4)nn3)nc-2cc2c1OCCO2. The average molecular weight is 349 g/mol. The van der Waals surface area contributed by atoms with Crippen LogP contribution in [0.15, 0.2) is 52.4 Å². The van der Waals surface area contributed by atoms with Crippen LogP contribution in [0.3, 0.4) is 0 Å². The lowest BCUT2D eigenvalue weighted by molar-refractivity contribution is 0.170. The van der Waals surface area contributed by atoms with E-state index in [4.69, 9.17) is 13.9 Å². The summed E-state index contributed by atoms with van der Waals surface area (Å²) in [5.74, 6) is 1.45. The van der Waals surface area contributed by atoms with Gasteiger partial charge in [0.2, 0.25) is 17.1 Å². The molecule has 2 aliphatic heterocycles. The number of aromatic nitrogens is 5. The Labute approximate surface area is 146 Å². The van der Waals surface area contributed by atoms with Crippen molar-refractivity contribution >= 4 is 0 Å². The molecule has 0 fully saturated rings. The van der Waals surface area contributed by atoms with Crippen LogP contribution in [0.1, 0.15) is 0 Å². The standard InChI is InChI=1S/C17H11N5O4/c23-15-10-8-26-17(19-12(10)7-13-16(15)25-6-5-24-13)11-1-2-14(21-20-11)22-4-3-18-9-22/h1-4,7-9H,5-6H2. The minimum absolute atomic E-state index is 0.193. The number of rotatable bonds is 2. The molecule has 1 aliphatic carbocycles. The van der Waals surface area contributed by atoms with E-state index in [9.17, 15) is 4.79 Å². The Morgan fingerprint density at radius 3 is 2.81 bits per heavy atom. The summed E-state index contributed by atoms with van der Waals surface area (Å²) >= 11 is 0. The highest BCUT2D eigenvalue weighted by molar-refractivity contribution is 5.68. The van der Waals surface area contributed by atoms with E-state index in [1.807, 2.05) is 0 Å². The summed E-state index contributed by atoms with van der Waals surface area (Å²) in [6, 6.07) is 5.17. The molecule has 0 bridgehead atoms. The van der Waals surface area contributed by atoms with Crippen LogP contribution in [0.4, 0.5) is 0 Å². The molecule has 2 aromatic heterocycles. The Kier molecular flexibility index (Phi) is 3.17. The van der Waals surface area contributed by atoms with Crippen LogP contribution in [0.25, 0.3) is 28.7 Å². The van der Waals surface area contributed by atoms with Gasteiger partial charge in [-0.05, 0) is 12.1 Å². The van der Waals surface area contributed by atoms with Crippen molar-refractivity contribution < 1.29 is 13.9 Å². The minimum Gasteiger partial charge on any atom is -0.486 e. The van der Waals surface area contributed by atoms with Crippen molar-refractivity contribution in [2.75, 3.05) is 13.2 Å². The summed E-state index contributed by atoms with van der Waals surface area (Å²) in [7, 11) is 0. The van der Waals surface area contributed by atoms with E-state index in [1.165, 1.54) is 6.26 Å². The summed E-state index contributed by atoms with van der Waals surface area (Å²) in [6.45, 7) is 0.735. The van der Waals surface area contributed by atoms with Gasteiger partial charge in [-0.15, -0.1) is 10.2 Å². The zero-order chi connectivity index (χ0) is 17.5. The van der Waals surface area contributed by atoms with E-state index in [0.29, 0.717) is 41.7 Å². The van der Waals surface area contributed by atoms with Gasteiger partial charge in [-0.1, -0.05) is 0 Å². The van der Waals surface area contributed by atoms with Gasteiger partial charge < -0.3 is 13.9 Å². The number of nitrogens with zero attached hydrogens (tertiary/aromatic N) is 5. The molecule has 5 rings (SSSR count). The Morgan fingerprint density at radius 1 is 1.08 bits per heavy atom. The van der Waals surface area contributed by atoms with E-state index in [1.54, 1.807) is 41.5 Å². The highest BCUT2D eigenvalue weighted by atomic mass is 16.6. The van der Waals surface area contributed by atoms with Crippen LogP contribution in [0.2, 0.25) is 0 Å². The molecule has 3 aliphatic rings. The number of hydrogen-bond donors (Lipinski definition) is 0. The molecule has 9 heteroatoms. The first-order chi connectivity index (χ1) is 12.8. The van der Waals surface area contributed by atoms with Gasteiger partial charge in [-0.3, -0.25) is 9.36 Å². The van der Waals surface area contributed by atoms with Crippen LogP contribution in [0, 0.1) is 0 Å². The van der Waals surface area contributed by atoms with E-state index < -0.39 is 0 Å². The molecule has 0 unspecified atom stereocenters. The quantitative estimate of drug-likeness (QED) is 0.537. The highest BCUT2D eigenvalue weighted by Crippen LogP contribution is 2.33.